The van der Waals surface area contributed by atoms with E-state index < -0.39 is 0 Å². The van der Waals surface area contributed by atoms with Gasteiger partial charge in [-0.05, 0) is 41.7 Å². The molecule has 1 saturated carbocycles. The molecule has 0 spiro atoms. The highest BCUT2D eigenvalue weighted by molar-refractivity contribution is 5.39. The van der Waals surface area contributed by atoms with Crippen LogP contribution in [0.15, 0.2) is 24.3 Å². The minimum Gasteiger partial charge on any atom is -0.388 e. The number of benzene rings is 1. The Morgan fingerprint density at radius 1 is 1.25 bits per heavy atom. The molecule has 0 saturated heterocycles. The van der Waals surface area contributed by atoms with E-state index in [2.05, 4.69) is 31.2 Å². The molecule has 86 valence electrons. The van der Waals surface area contributed by atoms with Gasteiger partial charge < -0.3 is 5.11 Å². The predicted molar refractivity (Wildman–Crippen MR) is 65.3 cm³/mol. The second kappa shape index (κ2) is 3.59. The highest BCUT2D eigenvalue weighted by Crippen LogP contribution is 2.52. The van der Waals surface area contributed by atoms with Gasteiger partial charge in [0.25, 0.3) is 0 Å². The average Bonchev–Trinajstić information content (AvgIpc) is 2.31. The van der Waals surface area contributed by atoms with Gasteiger partial charge >= 0.3 is 0 Å². The lowest BCUT2D eigenvalue weighted by atomic mass is 9.58. The molecule has 0 amide bonds. The van der Waals surface area contributed by atoms with E-state index in [0.29, 0.717) is 11.3 Å². The molecule has 1 aromatic rings. The Kier molecular flexibility index (Phi) is 2.32. The van der Waals surface area contributed by atoms with Gasteiger partial charge in [0.05, 0.1) is 6.10 Å². The molecule has 1 nitrogen and oxygen atoms in total. The molecular formula is C15H20O. The van der Waals surface area contributed by atoms with Gasteiger partial charge in [-0.15, -0.1) is 0 Å². The predicted octanol–water partition coefficient (Wildman–Crippen LogP) is 3.57. The molecule has 1 fully saturated rings. The zero-order chi connectivity index (χ0) is 11.2. The van der Waals surface area contributed by atoms with Crippen LogP contribution in [-0.4, -0.2) is 5.11 Å². The Hall–Kier alpha value is -0.820. The van der Waals surface area contributed by atoms with Gasteiger partial charge in [-0.3, -0.25) is 0 Å². The lowest BCUT2D eigenvalue weighted by Gasteiger charge is -2.47. The third-order valence-electron chi connectivity index (χ3n) is 4.84. The number of hydrogen-bond donors (Lipinski definition) is 1. The van der Waals surface area contributed by atoms with Crippen LogP contribution in [0.5, 0.6) is 0 Å². The third-order valence-corrected chi connectivity index (χ3v) is 4.84. The van der Waals surface area contributed by atoms with Gasteiger partial charge in [0, 0.05) is 0 Å². The summed E-state index contributed by atoms with van der Waals surface area (Å²) in [6.45, 7) is 2.40. The lowest BCUT2D eigenvalue weighted by molar-refractivity contribution is 0.0712. The number of aliphatic hydroxyl groups excluding tert-OH is 1. The van der Waals surface area contributed by atoms with Gasteiger partial charge in [0.2, 0.25) is 0 Å². The van der Waals surface area contributed by atoms with Crippen LogP contribution < -0.4 is 0 Å². The van der Waals surface area contributed by atoms with Crippen molar-refractivity contribution in [2.75, 3.05) is 0 Å². The molecule has 0 bridgehead atoms. The van der Waals surface area contributed by atoms with Crippen LogP contribution in [0.4, 0.5) is 0 Å². The van der Waals surface area contributed by atoms with Gasteiger partial charge in [0.1, 0.15) is 0 Å². The molecule has 2 aliphatic carbocycles. The molecule has 16 heavy (non-hydrogen) atoms. The summed E-state index contributed by atoms with van der Waals surface area (Å²) in [5.74, 6) is 0.686. The van der Waals surface area contributed by atoms with Gasteiger partial charge in [-0.25, -0.2) is 0 Å². The zero-order valence-electron chi connectivity index (χ0n) is 9.95. The third kappa shape index (κ3) is 1.34. The molecule has 0 radical (unpaired) electrons. The summed E-state index contributed by atoms with van der Waals surface area (Å²) in [6.07, 6.45) is 6.01. The molecule has 1 N–H and O–H groups in total. The van der Waals surface area contributed by atoms with Crippen LogP contribution in [0.2, 0.25) is 0 Å². The summed E-state index contributed by atoms with van der Waals surface area (Å²) in [5.41, 5.74) is 2.93. The first-order valence-corrected chi connectivity index (χ1v) is 6.49. The minimum atomic E-state index is -0.229. The number of fused-ring (bicyclic) bond motifs is 3. The van der Waals surface area contributed by atoms with Crippen molar-refractivity contribution in [3.05, 3.63) is 35.4 Å². The maximum absolute atomic E-state index is 10.2. The quantitative estimate of drug-likeness (QED) is 0.703. The van der Waals surface area contributed by atoms with Crippen molar-refractivity contribution in [2.24, 2.45) is 5.92 Å². The van der Waals surface area contributed by atoms with E-state index in [-0.39, 0.29) is 6.10 Å². The molecule has 0 aliphatic heterocycles. The van der Waals surface area contributed by atoms with Crippen molar-refractivity contribution in [2.45, 2.75) is 50.5 Å². The highest BCUT2D eigenvalue weighted by Gasteiger charge is 2.44. The first-order chi connectivity index (χ1) is 7.72. The van der Waals surface area contributed by atoms with Crippen molar-refractivity contribution in [3.63, 3.8) is 0 Å². The van der Waals surface area contributed by atoms with Crippen molar-refractivity contribution in [1.29, 1.82) is 0 Å². The monoisotopic (exact) mass is 216 g/mol. The van der Waals surface area contributed by atoms with Crippen molar-refractivity contribution in [3.8, 4) is 0 Å². The van der Waals surface area contributed by atoms with Gasteiger partial charge in [-0.2, -0.15) is 0 Å². The fraction of sp³-hybridized carbons (Fsp3) is 0.600. The Bertz CT molecular complexity index is 398. The van der Waals surface area contributed by atoms with Crippen molar-refractivity contribution >= 4 is 0 Å². The summed E-state index contributed by atoms with van der Waals surface area (Å²) in [6, 6.07) is 8.51. The van der Waals surface area contributed by atoms with E-state index in [4.69, 9.17) is 0 Å². The van der Waals surface area contributed by atoms with E-state index in [1.807, 2.05) is 0 Å². The number of aliphatic hydroxyl groups is 1. The SMILES string of the molecule is C[C@]12CCCC[C@@H]1C[C@H](O)c1ccccc12. The summed E-state index contributed by atoms with van der Waals surface area (Å²) in [7, 11) is 0. The zero-order valence-corrected chi connectivity index (χ0v) is 9.95. The first-order valence-electron chi connectivity index (χ1n) is 6.49. The maximum atomic E-state index is 10.2. The summed E-state index contributed by atoms with van der Waals surface area (Å²) < 4.78 is 0. The second-order valence-electron chi connectivity index (χ2n) is 5.70. The average molecular weight is 216 g/mol. The smallest absolute Gasteiger partial charge is 0.0795 e. The fourth-order valence-corrected chi connectivity index (χ4v) is 3.84. The Morgan fingerprint density at radius 2 is 2.06 bits per heavy atom. The van der Waals surface area contributed by atoms with E-state index in [0.717, 1.165) is 6.42 Å². The fourth-order valence-electron chi connectivity index (χ4n) is 3.84. The van der Waals surface area contributed by atoms with Crippen molar-refractivity contribution in [1.82, 2.24) is 0 Å². The molecule has 3 rings (SSSR count). The topological polar surface area (TPSA) is 20.2 Å². The summed E-state index contributed by atoms with van der Waals surface area (Å²) in [4.78, 5) is 0. The van der Waals surface area contributed by atoms with E-state index >= 15 is 0 Å². The van der Waals surface area contributed by atoms with Crippen LogP contribution in [0.25, 0.3) is 0 Å². The maximum Gasteiger partial charge on any atom is 0.0795 e. The molecule has 1 aromatic carbocycles. The van der Waals surface area contributed by atoms with E-state index in [9.17, 15) is 5.11 Å². The van der Waals surface area contributed by atoms with Crippen LogP contribution in [-0.2, 0) is 5.41 Å². The molecule has 0 heterocycles. The van der Waals surface area contributed by atoms with Crippen LogP contribution in [0, 0.1) is 5.92 Å². The summed E-state index contributed by atoms with van der Waals surface area (Å²) in [5, 5.41) is 10.2. The number of rotatable bonds is 0. The molecule has 0 unspecified atom stereocenters. The second-order valence-corrected chi connectivity index (χ2v) is 5.70. The Balaban J connectivity index is 2.12. The molecule has 0 aromatic heterocycles. The molecule has 1 heteroatoms. The van der Waals surface area contributed by atoms with E-state index in [1.54, 1.807) is 0 Å². The lowest BCUT2D eigenvalue weighted by Crippen LogP contribution is -2.40. The minimum absolute atomic E-state index is 0.229. The Labute approximate surface area is 97.5 Å². The van der Waals surface area contributed by atoms with Crippen molar-refractivity contribution < 1.29 is 5.11 Å². The number of hydrogen-bond acceptors (Lipinski definition) is 1. The van der Waals surface area contributed by atoms with Gasteiger partial charge in [-0.1, -0.05) is 44.0 Å². The largest absolute Gasteiger partial charge is 0.388 e. The Morgan fingerprint density at radius 3 is 2.94 bits per heavy atom. The molecular weight excluding hydrogens is 196 g/mol. The van der Waals surface area contributed by atoms with E-state index in [1.165, 1.54) is 36.8 Å². The van der Waals surface area contributed by atoms with Crippen LogP contribution in [0.1, 0.15) is 56.3 Å². The van der Waals surface area contributed by atoms with Crippen LogP contribution >= 0.6 is 0 Å². The molecule has 3 atom stereocenters. The standard InChI is InChI=1S/C15H20O/c1-15-9-5-4-6-11(15)10-14(16)12-7-2-3-8-13(12)15/h2-3,7-8,11,14,16H,4-6,9-10H2,1H3/t11-,14+,15+/m1/s1. The first kappa shape index (κ1) is 10.3. The highest BCUT2D eigenvalue weighted by atomic mass is 16.3. The van der Waals surface area contributed by atoms with Crippen LogP contribution in [0.3, 0.4) is 0 Å². The van der Waals surface area contributed by atoms with Gasteiger partial charge in [0.15, 0.2) is 0 Å². The molecule has 2 aliphatic rings. The summed E-state index contributed by atoms with van der Waals surface area (Å²) >= 11 is 0. The normalized spacial score (nSPS) is 37.6.